The molecule has 1 aliphatic rings. The molecule has 1 fully saturated rings. The van der Waals surface area contributed by atoms with Crippen molar-refractivity contribution in [3.8, 4) is 0 Å². The van der Waals surface area contributed by atoms with E-state index in [1.54, 1.807) is 24.3 Å². The van der Waals surface area contributed by atoms with E-state index in [4.69, 9.17) is 0 Å². The van der Waals surface area contributed by atoms with Crippen LogP contribution in [0.3, 0.4) is 0 Å². The Hall–Kier alpha value is -2.38. The summed E-state index contributed by atoms with van der Waals surface area (Å²) in [6, 6.07) is 13.8. The summed E-state index contributed by atoms with van der Waals surface area (Å²) >= 11 is 0. The van der Waals surface area contributed by atoms with Crippen LogP contribution in [0.15, 0.2) is 53.4 Å². The van der Waals surface area contributed by atoms with Gasteiger partial charge in [-0.2, -0.15) is 0 Å². The van der Waals surface area contributed by atoms with Crippen LogP contribution in [-0.4, -0.2) is 44.9 Å². The lowest BCUT2D eigenvalue weighted by Crippen LogP contribution is -2.39. The van der Waals surface area contributed by atoms with Crippen LogP contribution in [0.25, 0.3) is 0 Å². The fourth-order valence-corrected chi connectivity index (χ4v) is 4.82. The topological polar surface area (TPSA) is 78.5 Å². The number of rotatable bonds is 8. The Kier molecular flexibility index (Phi) is 7.50. The molecule has 1 aliphatic heterocycles. The zero-order chi connectivity index (χ0) is 21.6. The van der Waals surface area contributed by atoms with Crippen LogP contribution < -0.4 is 10.0 Å². The molecular formula is C23H31N3O3S. The summed E-state index contributed by atoms with van der Waals surface area (Å²) in [4.78, 5) is 15.0. The van der Waals surface area contributed by atoms with Gasteiger partial charge in [0.25, 0.3) is 15.9 Å². The van der Waals surface area contributed by atoms with Crippen molar-refractivity contribution in [3.63, 3.8) is 0 Å². The number of aryl methyl sites for hydroxylation is 1. The molecule has 2 N–H and O–H groups in total. The number of sulfonamides is 1. The summed E-state index contributed by atoms with van der Waals surface area (Å²) in [5.74, 6) is -0.255. The summed E-state index contributed by atoms with van der Waals surface area (Å²) in [5, 5.41) is 2.91. The van der Waals surface area contributed by atoms with Gasteiger partial charge < -0.3 is 10.2 Å². The Labute approximate surface area is 179 Å². The molecule has 1 atom stereocenters. The Morgan fingerprint density at radius 3 is 2.63 bits per heavy atom. The molecule has 2 aromatic rings. The summed E-state index contributed by atoms with van der Waals surface area (Å²) in [5.41, 5.74) is 1.88. The van der Waals surface area contributed by atoms with Crippen molar-refractivity contribution >= 4 is 21.6 Å². The van der Waals surface area contributed by atoms with Crippen LogP contribution in [0.2, 0.25) is 0 Å². The van der Waals surface area contributed by atoms with Gasteiger partial charge in [-0.15, -0.1) is 0 Å². The van der Waals surface area contributed by atoms with E-state index in [0.29, 0.717) is 23.8 Å². The fraction of sp³-hybridized carbons (Fsp3) is 0.435. The van der Waals surface area contributed by atoms with Gasteiger partial charge in [0.15, 0.2) is 0 Å². The summed E-state index contributed by atoms with van der Waals surface area (Å²) < 4.78 is 27.9. The number of hydrogen-bond acceptors (Lipinski definition) is 4. The second kappa shape index (κ2) is 10.1. The molecule has 1 heterocycles. The zero-order valence-corrected chi connectivity index (χ0v) is 18.5. The van der Waals surface area contributed by atoms with Gasteiger partial charge in [-0.3, -0.25) is 9.52 Å². The van der Waals surface area contributed by atoms with E-state index in [2.05, 4.69) is 21.9 Å². The molecular weight excluding hydrogens is 398 g/mol. The molecule has 1 amide bonds. The summed E-state index contributed by atoms with van der Waals surface area (Å²) in [6.07, 6.45) is 4.66. The van der Waals surface area contributed by atoms with Gasteiger partial charge in [0.1, 0.15) is 0 Å². The van der Waals surface area contributed by atoms with Gasteiger partial charge in [-0.1, -0.05) is 30.2 Å². The maximum atomic E-state index is 12.7. The predicted octanol–water partition coefficient (Wildman–Crippen LogP) is 3.79. The minimum Gasteiger partial charge on any atom is -0.352 e. The van der Waals surface area contributed by atoms with Gasteiger partial charge in [0.2, 0.25) is 0 Å². The number of benzene rings is 2. The maximum absolute atomic E-state index is 12.7. The highest BCUT2D eigenvalue weighted by molar-refractivity contribution is 7.92. The maximum Gasteiger partial charge on any atom is 0.261 e. The Bertz CT molecular complexity index is 958. The largest absolute Gasteiger partial charge is 0.352 e. The van der Waals surface area contributed by atoms with Crippen LogP contribution in [-0.2, 0) is 10.0 Å². The van der Waals surface area contributed by atoms with E-state index in [1.807, 2.05) is 19.1 Å². The van der Waals surface area contributed by atoms with Crippen molar-refractivity contribution in [2.45, 2.75) is 50.5 Å². The van der Waals surface area contributed by atoms with E-state index < -0.39 is 10.0 Å². The monoisotopic (exact) mass is 429 g/mol. The van der Waals surface area contributed by atoms with Crippen molar-refractivity contribution in [2.75, 3.05) is 24.4 Å². The quantitative estimate of drug-likeness (QED) is 0.626. The highest BCUT2D eigenvalue weighted by atomic mass is 32.2. The fourth-order valence-electron chi connectivity index (χ4n) is 3.72. The molecule has 2 aromatic carbocycles. The molecule has 0 radical (unpaired) electrons. The standard InChI is InChI=1S/C23H31N3O3S/c1-18-10-12-21(13-11-18)25-30(28,29)22-9-5-8-20(17-22)23(27)24-14-6-16-26-15-4-3-7-19(26)2/h5,8-13,17,19,25H,3-4,6-7,14-16H2,1-2H3,(H,24,27)/t19-/m1/s1. The zero-order valence-electron chi connectivity index (χ0n) is 17.7. The molecule has 3 rings (SSSR count). The number of likely N-dealkylation sites (tertiary alicyclic amines) is 1. The average molecular weight is 430 g/mol. The molecule has 6 nitrogen and oxygen atoms in total. The minimum atomic E-state index is -3.76. The lowest BCUT2D eigenvalue weighted by atomic mass is 10.0. The second-order valence-electron chi connectivity index (χ2n) is 7.99. The summed E-state index contributed by atoms with van der Waals surface area (Å²) in [6.45, 7) is 6.86. The van der Waals surface area contributed by atoms with E-state index in [-0.39, 0.29) is 10.8 Å². The number of anilines is 1. The Morgan fingerprint density at radius 1 is 1.13 bits per heavy atom. The lowest BCUT2D eigenvalue weighted by Gasteiger charge is -2.33. The van der Waals surface area contributed by atoms with Crippen molar-refractivity contribution in [3.05, 3.63) is 59.7 Å². The molecule has 0 bridgehead atoms. The predicted molar refractivity (Wildman–Crippen MR) is 120 cm³/mol. The van der Waals surface area contributed by atoms with Crippen LogP contribution in [0.1, 0.15) is 48.5 Å². The van der Waals surface area contributed by atoms with Crippen molar-refractivity contribution < 1.29 is 13.2 Å². The number of amides is 1. The van der Waals surface area contributed by atoms with Crippen molar-refractivity contribution in [1.29, 1.82) is 0 Å². The molecule has 7 heteroatoms. The van der Waals surface area contributed by atoms with Crippen LogP contribution in [0, 0.1) is 6.92 Å². The normalized spacial score (nSPS) is 17.5. The van der Waals surface area contributed by atoms with Crippen LogP contribution in [0.5, 0.6) is 0 Å². The first-order valence-electron chi connectivity index (χ1n) is 10.6. The Balaban J connectivity index is 1.55. The van der Waals surface area contributed by atoms with Crippen molar-refractivity contribution in [2.24, 2.45) is 0 Å². The minimum absolute atomic E-state index is 0.0675. The van der Waals surface area contributed by atoms with Gasteiger partial charge in [0.05, 0.1) is 4.90 Å². The molecule has 0 aliphatic carbocycles. The first-order valence-corrected chi connectivity index (χ1v) is 12.1. The highest BCUT2D eigenvalue weighted by Crippen LogP contribution is 2.18. The molecule has 30 heavy (non-hydrogen) atoms. The van der Waals surface area contributed by atoms with Gasteiger partial charge >= 0.3 is 0 Å². The van der Waals surface area contributed by atoms with Gasteiger partial charge in [-0.05, 0) is 70.0 Å². The third-order valence-electron chi connectivity index (χ3n) is 5.56. The molecule has 0 unspecified atom stereocenters. The van der Waals surface area contributed by atoms with Crippen LogP contribution >= 0.6 is 0 Å². The van der Waals surface area contributed by atoms with E-state index in [1.165, 1.54) is 31.4 Å². The molecule has 162 valence electrons. The second-order valence-corrected chi connectivity index (χ2v) is 9.67. The summed E-state index contributed by atoms with van der Waals surface area (Å²) in [7, 11) is -3.76. The van der Waals surface area contributed by atoms with E-state index in [0.717, 1.165) is 25.1 Å². The lowest BCUT2D eigenvalue weighted by molar-refractivity contribution is 0.0948. The third-order valence-corrected chi connectivity index (χ3v) is 6.94. The average Bonchev–Trinajstić information content (AvgIpc) is 2.74. The van der Waals surface area contributed by atoms with Gasteiger partial charge in [0, 0.05) is 30.4 Å². The number of carbonyl (C=O) groups excluding carboxylic acids is 1. The molecule has 0 spiro atoms. The molecule has 1 saturated heterocycles. The highest BCUT2D eigenvalue weighted by Gasteiger charge is 2.18. The molecule has 0 saturated carbocycles. The smallest absolute Gasteiger partial charge is 0.261 e. The molecule has 0 aromatic heterocycles. The number of hydrogen-bond donors (Lipinski definition) is 2. The van der Waals surface area contributed by atoms with Gasteiger partial charge in [-0.25, -0.2) is 8.42 Å². The Morgan fingerprint density at radius 2 is 1.90 bits per heavy atom. The van der Waals surface area contributed by atoms with E-state index >= 15 is 0 Å². The first-order chi connectivity index (χ1) is 14.3. The SMILES string of the molecule is Cc1ccc(NS(=O)(=O)c2cccc(C(=O)NCCCN3CCCC[C@H]3C)c2)cc1. The number of carbonyl (C=O) groups is 1. The number of nitrogens with zero attached hydrogens (tertiary/aromatic N) is 1. The van der Waals surface area contributed by atoms with Crippen LogP contribution in [0.4, 0.5) is 5.69 Å². The number of nitrogens with one attached hydrogen (secondary N) is 2. The van der Waals surface area contributed by atoms with Crippen molar-refractivity contribution in [1.82, 2.24) is 10.2 Å². The first kappa shape index (κ1) is 22.3. The number of piperidine rings is 1. The van der Waals surface area contributed by atoms with E-state index in [9.17, 15) is 13.2 Å². The third kappa shape index (κ3) is 6.06.